The predicted octanol–water partition coefficient (Wildman–Crippen LogP) is 4.77. The molecule has 198 valence electrons. The van der Waals surface area contributed by atoms with Gasteiger partial charge in [-0.05, 0) is 23.3 Å². The van der Waals surface area contributed by atoms with E-state index >= 15 is 4.39 Å². The third-order valence-electron chi connectivity index (χ3n) is 6.83. The number of halogens is 7. The third kappa shape index (κ3) is 4.36. The van der Waals surface area contributed by atoms with Crippen molar-refractivity contribution < 1.29 is 40.0 Å². The van der Waals surface area contributed by atoms with Crippen molar-refractivity contribution in [2.45, 2.75) is 23.9 Å². The highest BCUT2D eigenvalue weighted by Gasteiger charge is 2.62. The van der Waals surface area contributed by atoms with Crippen molar-refractivity contribution in [2.24, 2.45) is 11.1 Å². The summed E-state index contributed by atoms with van der Waals surface area (Å²) in [6, 6.07) is 7.11. The molecule has 2 aromatic carbocycles. The van der Waals surface area contributed by atoms with Gasteiger partial charge in [0.15, 0.2) is 21.3 Å². The van der Waals surface area contributed by atoms with E-state index in [9.17, 15) is 30.8 Å². The Labute approximate surface area is 217 Å². The molecule has 0 bridgehead atoms. The number of oxime groups is 1. The summed E-state index contributed by atoms with van der Waals surface area (Å²) in [5.41, 5.74) is -4.97. The first-order valence-electron chi connectivity index (χ1n) is 10.9. The maximum atomic E-state index is 15.3. The van der Waals surface area contributed by atoms with Crippen molar-refractivity contribution in [1.29, 1.82) is 0 Å². The molecular formula is C23H17Cl2F5N2O4S. The lowest BCUT2D eigenvalue weighted by atomic mass is 9.84. The maximum absolute atomic E-state index is 15.3. The van der Waals surface area contributed by atoms with Crippen LogP contribution < -0.4 is 0 Å². The molecular weight excluding hydrogens is 566 g/mol. The van der Waals surface area contributed by atoms with Crippen LogP contribution in [0.25, 0.3) is 0 Å². The van der Waals surface area contributed by atoms with Crippen LogP contribution in [-0.2, 0) is 30.7 Å². The largest absolute Gasteiger partial charge is 0.435 e. The molecule has 3 aliphatic heterocycles. The molecule has 0 saturated carbocycles. The highest BCUT2D eigenvalue weighted by atomic mass is 35.5. The van der Waals surface area contributed by atoms with Crippen LogP contribution in [0.4, 0.5) is 22.0 Å². The third-order valence-corrected chi connectivity index (χ3v) is 9.20. The SMILES string of the molecule is O=C(C1CS(=O)(=O)C1)N1CC(F)(c2ccc(C3=NO[C@@](c4cc(Cl)c(F)c(Cl)c4)(C(F)(F)F)C3)cc2)C1. The average molecular weight is 583 g/mol. The van der Waals surface area contributed by atoms with E-state index in [1.165, 1.54) is 29.2 Å². The van der Waals surface area contributed by atoms with Gasteiger partial charge in [-0.3, -0.25) is 4.79 Å². The van der Waals surface area contributed by atoms with Gasteiger partial charge in [-0.2, -0.15) is 13.2 Å². The van der Waals surface area contributed by atoms with Gasteiger partial charge >= 0.3 is 6.18 Å². The number of benzene rings is 2. The van der Waals surface area contributed by atoms with Gasteiger partial charge in [-0.25, -0.2) is 17.2 Å². The van der Waals surface area contributed by atoms with Crippen LogP contribution in [-0.4, -0.2) is 55.7 Å². The number of nitrogens with zero attached hydrogens (tertiary/aromatic N) is 2. The zero-order chi connectivity index (χ0) is 27.0. The fourth-order valence-corrected chi connectivity index (χ4v) is 6.57. The molecule has 0 spiro atoms. The van der Waals surface area contributed by atoms with Gasteiger partial charge < -0.3 is 9.74 Å². The van der Waals surface area contributed by atoms with Gasteiger partial charge in [0.25, 0.3) is 5.60 Å². The fourth-order valence-electron chi connectivity index (χ4n) is 4.67. The van der Waals surface area contributed by atoms with Crippen molar-refractivity contribution >= 4 is 44.7 Å². The fraction of sp³-hybridized carbons (Fsp3) is 0.391. The molecule has 1 amide bonds. The van der Waals surface area contributed by atoms with E-state index in [4.69, 9.17) is 28.0 Å². The molecule has 0 aliphatic carbocycles. The number of hydrogen-bond acceptors (Lipinski definition) is 5. The summed E-state index contributed by atoms with van der Waals surface area (Å²) in [5, 5.41) is 2.41. The summed E-state index contributed by atoms with van der Waals surface area (Å²) in [5.74, 6) is -2.61. The van der Waals surface area contributed by atoms with Crippen molar-refractivity contribution in [3.05, 3.63) is 69.0 Å². The zero-order valence-electron chi connectivity index (χ0n) is 18.7. The Morgan fingerprint density at radius 1 is 1.05 bits per heavy atom. The molecule has 0 radical (unpaired) electrons. The number of rotatable bonds is 4. The Bertz CT molecular complexity index is 1390. The quantitative estimate of drug-likeness (QED) is 0.384. The van der Waals surface area contributed by atoms with E-state index in [-0.39, 0.29) is 41.4 Å². The van der Waals surface area contributed by atoms with Gasteiger partial charge in [-0.1, -0.05) is 52.6 Å². The van der Waals surface area contributed by atoms with Gasteiger partial charge in [0.05, 0.1) is 46.3 Å². The molecule has 37 heavy (non-hydrogen) atoms. The summed E-state index contributed by atoms with van der Waals surface area (Å²) in [7, 11) is -3.19. The molecule has 14 heteroatoms. The number of likely N-dealkylation sites (tertiary alicyclic amines) is 1. The Hall–Kier alpha value is -2.44. The lowest BCUT2D eigenvalue weighted by molar-refractivity contribution is -0.275. The minimum absolute atomic E-state index is 0.0787. The normalized spacial score (nSPS) is 24.6. The number of hydrogen-bond donors (Lipinski definition) is 0. The second-order valence-electron chi connectivity index (χ2n) is 9.40. The highest BCUT2D eigenvalue weighted by Crippen LogP contribution is 2.50. The molecule has 3 heterocycles. The summed E-state index contributed by atoms with van der Waals surface area (Å²) in [6.45, 7) is -0.510. The first kappa shape index (κ1) is 26.2. The van der Waals surface area contributed by atoms with E-state index in [1.807, 2.05) is 0 Å². The van der Waals surface area contributed by atoms with Gasteiger partial charge in [0, 0.05) is 12.0 Å². The van der Waals surface area contributed by atoms with Crippen LogP contribution in [0.3, 0.4) is 0 Å². The molecule has 2 fully saturated rings. The number of amides is 1. The first-order chi connectivity index (χ1) is 17.1. The Morgan fingerprint density at radius 3 is 2.14 bits per heavy atom. The van der Waals surface area contributed by atoms with Crippen LogP contribution in [0.2, 0.25) is 10.0 Å². The predicted molar refractivity (Wildman–Crippen MR) is 124 cm³/mol. The van der Waals surface area contributed by atoms with Crippen LogP contribution in [0.1, 0.15) is 23.1 Å². The first-order valence-corrected chi connectivity index (χ1v) is 13.5. The standard InChI is InChI=1S/C23H17Cl2F5N2O4S/c24-16-5-15(6-17(25)19(16)26)22(23(28,29)30)7-18(31-36-22)12-1-3-14(4-2-12)21(27)10-32(11-21)20(33)13-8-37(34,35)9-13/h1-6,13H,7-11H2/t22-/m0/s1. The van der Waals surface area contributed by atoms with E-state index in [0.29, 0.717) is 0 Å². The van der Waals surface area contributed by atoms with Crippen LogP contribution in [0.15, 0.2) is 41.6 Å². The smallest absolute Gasteiger partial charge is 0.374 e. The molecule has 2 saturated heterocycles. The summed E-state index contributed by atoms with van der Waals surface area (Å²) >= 11 is 11.4. The highest BCUT2D eigenvalue weighted by molar-refractivity contribution is 7.92. The van der Waals surface area contributed by atoms with Gasteiger partial charge in [-0.15, -0.1) is 0 Å². The van der Waals surface area contributed by atoms with Crippen LogP contribution in [0, 0.1) is 11.7 Å². The average Bonchev–Trinajstić information content (AvgIpc) is 3.25. The molecule has 6 nitrogen and oxygen atoms in total. The topological polar surface area (TPSA) is 76.0 Å². The molecule has 3 aliphatic rings. The van der Waals surface area contributed by atoms with Gasteiger partial charge in [0.1, 0.15) is 0 Å². The Kier molecular flexibility index (Phi) is 6.04. The zero-order valence-corrected chi connectivity index (χ0v) is 21.0. The summed E-state index contributed by atoms with van der Waals surface area (Å²) < 4.78 is 94.2. The minimum atomic E-state index is -4.96. The Morgan fingerprint density at radius 2 is 1.62 bits per heavy atom. The lowest BCUT2D eigenvalue weighted by Crippen LogP contribution is -2.62. The number of carbonyl (C=O) groups is 1. The maximum Gasteiger partial charge on any atom is 0.435 e. The second-order valence-corrected chi connectivity index (χ2v) is 12.4. The number of carbonyl (C=O) groups excluding carboxylic acids is 1. The second kappa shape index (κ2) is 8.54. The summed E-state index contributed by atoms with van der Waals surface area (Å²) in [4.78, 5) is 18.4. The number of sulfone groups is 1. The van der Waals surface area contributed by atoms with Crippen molar-refractivity contribution in [3.63, 3.8) is 0 Å². The minimum Gasteiger partial charge on any atom is -0.374 e. The molecule has 0 unspecified atom stereocenters. The van der Waals surface area contributed by atoms with Crippen molar-refractivity contribution in [3.8, 4) is 0 Å². The van der Waals surface area contributed by atoms with Crippen LogP contribution >= 0.6 is 23.2 Å². The van der Waals surface area contributed by atoms with Crippen LogP contribution in [0.5, 0.6) is 0 Å². The lowest BCUT2D eigenvalue weighted by Gasteiger charge is -2.46. The Balaban J connectivity index is 1.31. The molecule has 2 aromatic rings. The van der Waals surface area contributed by atoms with E-state index < -0.39 is 67.0 Å². The van der Waals surface area contributed by atoms with E-state index in [1.54, 1.807) is 0 Å². The van der Waals surface area contributed by atoms with Crippen molar-refractivity contribution in [1.82, 2.24) is 4.90 Å². The monoisotopic (exact) mass is 582 g/mol. The van der Waals surface area contributed by atoms with Gasteiger partial charge in [0.2, 0.25) is 5.91 Å². The molecule has 1 atom stereocenters. The van der Waals surface area contributed by atoms with Crippen molar-refractivity contribution in [2.75, 3.05) is 24.6 Å². The number of alkyl halides is 4. The van der Waals surface area contributed by atoms with E-state index in [2.05, 4.69) is 5.16 Å². The molecule has 0 aromatic heterocycles. The summed E-state index contributed by atoms with van der Waals surface area (Å²) in [6.07, 6.45) is -5.73. The molecule has 5 rings (SSSR count). The van der Waals surface area contributed by atoms with E-state index in [0.717, 1.165) is 12.1 Å². The molecule has 0 N–H and O–H groups in total.